The first-order valence-electron chi connectivity index (χ1n) is 5.85. The zero-order chi connectivity index (χ0) is 15.1. The molecule has 0 saturated carbocycles. The van der Waals surface area contributed by atoms with Crippen LogP contribution in [0.1, 0.15) is 25.2 Å². The van der Waals surface area contributed by atoms with Crippen LogP contribution >= 0.6 is 0 Å². The number of nitrogens with zero attached hydrogens (tertiary/aromatic N) is 4. The van der Waals surface area contributed by atoms with Crippen molar-refractivity contribution in [2.75, 3.05) is 5.84 Å². The van der Waals surface area contributed by atoms with Gasteiger partial charge in [-0.05, 0) is 32.9 Å². The van der Waals surface area contributed by atoms with Gasteiger partial charge >= 0.3 is 6.18 Å². The smallest absolute Gasteiger partial charge is 0.306 e. The highest BCUT2D eigenvalue weighted by atomic mass is 19.4. The predicted molar refractivity (Wildman–Crippen MR) is 67.2 cm³/mol. The maximum absolute atomic E-state index is 13.0. The second kappa shape index (κ2) is 4.46. The SMILES string of the molecule is Cc1nn(N)nc1-c1ccnc(C(C)(C)C(F)(F)F)c1. The summed E-state index contributed by atoms with van der Waals surface area (Å²) in [5.74, 6) is 5.41. The molecule has 0 aliphatic heterocycles. The molecule has 0 atom stereocenters. The molecule has 0 spiro atoms. The van der Waals surface area contributed by atoms with Crippen LogP contribution in [0.3, 0.4) is 0 Å². The van der Waals surface area contributed by atoms with Crippen molar-refractivity contribution in [3.05, 3.63) is 29.7 Å². The van der Waals surface area contributed by atoms with Crippen LogP contribution in [0.15, 0.2) is 18.3 Å². The average molecular weight is 285 g/mol. The zero-order valence-electron chi connectivity index (χ0n) is 11.2. The van der Waals surface area contributed by atoms with Crippen LogP contribution in [0.4, 0.5) is 13.2 Å². The number of rotatable bonds is 2. The molecule has 0 aliphatic carbocycles. The molecule has 0 amide bonds. The third kappa shape index (κ3) is 2.33. The summed E-state index contributed by atoms with van der Waals surface area (Å²) in [6, 6.07) is 2.94. The van der Waals surface area contributed by atoms with E-state index < -0.39 is 11.6 Å². The standard InChI is InChI=1S/C12H14F3N5/c1-7-10(19-20(16)18-7)8-4-5-17-9(6-8)11(2,3)12(13,14)15/h4-6H,16H2,1-3H3. The van der Waals surface area contributed by atoms with E-state index in [1.54, 1.807) is 13.0 Å². The maximum Gasteiger partial charge on any atom is 0.399 e. The van der Waals surface area contributed by atoms with Gasteiger partial charge in [-0.2, -0.15) is 13.2 Å². The molecule has 0 radical (unpaired) electrons. The summed E-state index contributed by atoms with van der Waals surface area (Å²) in [4.78, 5) is 4.72. The Kier molecular flexibility index (Phi) is 3.19. The predicted octanol–water partition coefficient (Wildman–Crippen LogP) is 2.20. The molecule has 8 heteroatoms. The van der Waals surface area contributed by atoms with Crippen LogP contribution in [0, 0.1) is 6.92 Å². The number of hydrogen-bond acceptors (Lipinski definition) is 4. The lowest BCUT2D eigenvalue weighted by atomic mass is 9.87. The van der Waals surface area contributed by atoms with Gasteiger partial charge in [-0.25, -0.2) is 0 Å². The van der Waals surface area contributed by atoms with Gasteiger partial charge in [0.2, 0.25) is 0 Å². The van der Waals surface area contributed by atoms with E-state index in [-0.39, 0.29) is 5.69 Å². The minimum atomic E-state index is -4.39. The molecule has 108 valence electrons. The summed E-state index contributed by atoms with van der Waals surface area (Å²) < 4.78 is 39.1. The van der Waals surface area contributed by atoms with Gasteiger partial charge < -0.3 is 5.84 Å². The summed E-state index contributed by atoms with van der Waals surface area (Å²) in [5, 5.41) is 7.81. The van der Waals surface area contributed by atoms with Crippen molar-refractivity contribution < 1.29 is 13.2 Å². The van der Waals surface area contributed by atoms with Crippen LogP contribution < -0.4 is 5.84 Å². The molecule has 2 heterocycles. The summed E-state index contributed by atoms with van der Waals surface area (Å²) in [6.45, 7) is 3.86. The van der Waals surface area contributed by atoms with E-state index in [0.717, 1.165) is 18.8 Å². The van der Waals surface area contributed by atoms with Gasteiger partial charge in [0.1, 0.15) is 11.1 Å². The summed E-state index contributed by atoms with van der Waals surface area (Å²) in [6.07, 6.45) is -3.06. The minimum absolute atomic E-state index is 0.0755. The van der Waals surface area contributed by atoms with Crippen molar-refractivity contribution in [1.29, 1.82) is 0 Å². The number of nitrogens with two attached hydrogens (primary N) is 1. The molecule has 5 nitrogen and oxygen atoms in total. The number of aromatic nitrogens is 4. The fraction of sp³-hybridized carbons (Fsp3) is 0.417. The Morgan fingerprint density at radius 3 is 2.35 bits per heavy atom. The Bertz CT molecular complexity index is 630. The minimum Gasteiger partial charge on any atom is -0.306 e. The van der Waals surface area contributed by atoms with Gasteiger partial charge in [-0.1, -0.05) is 4.91 Å². The second-order valence-electron chi connectivity index (χ2n) is 5.01. The Morgan fingerprint density at radius 1 is 1.20 bits per heavy atom. The van der Waals surface area contributed by atoms with Gasteiger partial charge in [0.05, 0.1) is 11.4 Å². The van der Waals surface area contributed by atoms with Crippen molar-refractivity contribution in [1.82, 2.24) is 20.1 Å². The average Bonchev–Trinajstić information content (AvgIpc) is 2.67. The quantitative estimate of drug-likeness (QED) is 0.859. The van der Waals surface area contributed by atoms with E-state index >= 15 is 0 Å². The molecule has 0 saturated heterocycles. The fourth-order valence-electron chi connectivity index (χ4n) is 1.73. The van der Waals surface area contributed by atoms with Crippen molar-refractivity contribution in [2.24, 2.45) is 0 Å². The highest BCUT2D eigenvalue weighted by Gasteiger charge is 2.49. The van der Waals surface area contributed by atoms with E-state index in [1.165, 1.54) is 12.3 Å². The lowest BCUT2D eigenvalue weighted by Crippen LogP contribution is -2.37. The molecule has 0 unspecified atom stereocenters. The number of alkyl halides is 3. The maximum atomic E-state index is 13.0. The first kappa shape index (κ1) is 14.3. The molecule has 2 N–H and O–H groups in total. The fourth-order valence-corrected chi connectivity index (χ4v) is 1.73. The number of halogens is 3. The van der Waals surface area contributed by atoms with Crippen LogP contribution in [0.2, 0.25) is 0 Å². The molecule has 0 fully saturated rings. The monoisotopic (exact) mass is 285 g/mol. The number of nitrogen functional groups attached to an aromatic ring is 1. The lowest BCUT2D eigenvalue weighted by molar-refractivity contribution is -0.181. The molecule has 2 aromatic heterocycles. The van der Waals surface area contributed by atoms with Crippen molar-refractivity contribution in [3.8, 4) is 11.3 Å². The van der Waals surface area contributed by atoms with Gasteiger partial charge in [-0.3, -0.25) is 4.98 Å². The van der Waals surface area contributed by atoms with Crippen LogP contribution in [-0.4, -0.2) is 26.3 Å². The summed E-state index contributed by atoms with van der Waals surface area (Å²) in [5.41, 5.74) is -0.645. The van der Waals surface area contributed by atoms with Crippen LogP contribution in [0.25, 0.3) is 11.3 Å². The molecule has 0 aromatic carbocycles. The first-order valence-corrected chi connectivity index (χ1v) is 5.85. The molecule has 0 aliphatic rings. The van der Waals surface area contributed by atoms with E-state index in [4.69, 9.17) is 5.84 Å². The van der Waals surface area contributed by atoms with Crippen molar-refractivity contribution in [3.63, 3.8) is 0 Å². The zero-order valence-corrected chi connectivity index (χ0v) is 11.2. The Labute approximate surface area is 113 Å². The normalized spacial score (nSPS) is 12.7. The molecular formula is C12H14F3N5. The Hall–Kier alpha value is -2.12. The molecule has 20 heavy (non-hydrogen) atoms. The van der Waals surface area contributed by atoms with E-state index in [2.05, 4.69) is 15.2 Å². The molecule has 0 bridgehead atoms. The first-order chi connectivity index (χ1) is 9.13. The van der Waals surface area contributed by atoms with E-state index in [0.29, 0.717) is 17.0 Å². The van der Waals surface area contributed by atoms with Gasteiger partial charge in [-0.15, -0.1) is 10.2 Å². The molecular weight excluding hydrogens is 271 g/mol. The highest BCUT2D eigenvalue weighted by Crippen LogP contribution is 2.40. The summed E-state index contributed by atoms with van der Waals surface area (Å²) >= 11 is 0. The Morgan fingerprint density at radius 2 is 1.85 bits per heavy atom. The van der Waals surface area contributed by atoms with Crippen molar-refractivity contribution in [2.45, 2.75) is 32.4 Å². The largest absolute Gasteiger partial charge is 0.399 e. The van der Waals surface area contributed by atoms with Gasteiger partial charge in [0.25, 0.3) is 0 Å². The highest BCUT2D eigenvalue weighted by molar-refractivity contribution is 5.61. The third-order valence-electron chi connectivity index (χ3n) is 3.18. The number of pyridine rings is 1. The van der Waals surface area contributed by atoms with Gasteiger partial charge in [0.15, 0.2) is 0 Å². The summed E-state index contributed by atoms with van der Waals surface area (Å²) in [7, 11) is 0. The van der Waals surface area contributed by atoms with Crippen molar-refractivity contribution >= 4 is 0 Å². The molecule has 2 aromatic rings. The Balaban J connectivity index is 2.51. The van der Waals surface area contributed by atoms with Crippen LogP contribution in [-0.2, 0) is 5.41 Å². The van der Waals surface area contributed by atoms with E-state index in [1.807, 2.05) is 0 Å². The van der Waals surface area contributed by atoms with Crippen LogP contribution in [0.5, 0.6) is 0 Å². The van der Waals surface area contributed by atoms with Gasteiger partial charge in [0, 0.05) is 11.8 Å². The topological polar surface area (TPSA) is 69.6 Å². The molecule has 2 rings (SSSR count). The third-order valence-corrected chi connectivity index (χ3v) is 3.18. The lowest BCUT2D eigenvalue weighted by Gasteiger charge is -2.27. The van der Waals surface area contributed by atoms with E-state index in [9.17, 15) is 13.2 Å². The second-order valence-corrected chi connectivity index (χ2v) is 5.01. The number of hydrogen-bond donors (Lipinski definition) is 1. The number of aryl methyl sites for hydroxylation is 1.